The molecule has 0 aliphatic heterocycles. The van der Waals surface area contributed by atoms with Gasteiger partial charge in [0.1, 0.15) is 18.1 Å². The first-order valence-corrected chi connectivity index (χ1v) is 12.9. The number of carboxylic acid groups (broad SMARTS) is 1. The Labute approximate surface area is 208 Å². The summed E-state index contributed by atoms with van der Waals surface area (Å²) < 4.78 is 0. The number of nitrogens with one attached hydrogen (secondary N) is 4. The van der Waals surface area contributed by atoms with Crippen molar-refractivity contribution < 1.29 is 24.3 Å². The van der Waals surface area contributed by atoms with Crippen molar-refractivity contribution in [1.29, 1.82) is 0 Å². The Morgan fingerprint density at radius 3 is 2.29 bits per heavy atom. The molecule has 192 valence electrons. The molecule has 4 atom stereocenters. The fourth-order valence-corrected chi connectivity index (χ4v) is 3.73. The lowest BCUT2D eigenvalue weighted by Gasteiger charge is -2.24. The summed E-state index contributed by atoms with van der Waals surface area (Å²) in [6, 6.07) is -4.03. The molecule has 0 aromatic carbocycles. The third-order valence-corrected chi connectivity index (χ3v) is 5.96. The van der Waals surface area contributed by atoms with Gasteiger partial charge in [-0.15, -0.1) is 0 Å². The molecule has 1 heterocycles. The van der Waals surface area contributed by atoms with E-state index in [1.807, 2.05) is 6.26 Å². The average Bonchev–Trinajstić information content (AvgIpc) is 3.31. The smallest absolute Gasteiger partial charge is 0.326 e. The van der Waals surface area contributed by atoms with Crippen LogP contribution in [0.15, 0.2) is 12.5 Å². The van der Waals surface area contributed by atoms with E-state index < -0.39 is 47.9 Å². The van der Waals surface area contributed by atoms with E-state index in [1.165, 1.54) is 18.1 Å². The quantitative estimate of drug-likeness (QED) is 0.0905. The van der Waals surface area contributed by atoms with Gasteiger partial charge in [-0.1, -0.05) is 0 Å². The second kappa shape index (κ2) is 16.4. The standard InChI is InChI=1S/C20H35N7O5S2/c1-34-7-5-15(20(31)32)26-18(29)14(4-2-3-6-21)25-19(30)16(10-33)27-17(28)13(22)8-12-9-23-11-24-12/h9,11,13-16,33H,2-8,10,21-22H2,1H3,(H,23,24)(H,25,30)(H,26,29)(H,27,28)(H,31,32). The molecule has 1 rings (SSSR count). The number of H-pyrrole nitrogens is 1. The van der Waals surface area contributed by atoms with Crippen LogP contribution in [0.4, 0.5) is 0 Å². The molecule has 1 aromatic rings. The van der Waals surface area contributed by atoms with Crippen LogP contribution in [0.3, 0.4) is 0 Å². The highest BCUT2D eigenvalue weighted by molar-refractivity contribution is 7.98. The lowest BCUT2D eigenvalue weighted by molar-refractivity contribution is -0.142. The summed E-state index contributed by atoms with van der Waals surface area (Å²) in [6.45, 7) is 0.414. The molecule has 0 aliphatic carbocycles. The van der Waals surface area contributed by atoms with Gasteiger partial charge in [-0.2, -0.15) is 24.4 Å². The molecule has 14 heteroatoms. The fourth-order valence-electron chi connectivity index (χ4n) is 3.00. The van der Waals surface area contributed by atoms with Crippen LogP contribution < -0.4 is 27.4 Å². The van der Waals surface area contributed by atoms with Gasteiger partial charge in [0.25, 0.3) is 0 Å². The molecule has 3 amide bonds. The number of aromatic amines is 1. The van der Waals surface area contributed by atoms with Crippen molar-refractivity contribution in [1.82, 2.24) is 25.9 Å². The van der Waals surface area contributed by atoms with Crippen molar-refractivity contribution in [2.45, 2.75) is 56.3 Å². The van der Waals surface area contributed by atoms with E-state index in [9.17, 15) is 24.3 Å². The summed E-state index contributed by atoms with van der Waals surface area (Å²) in [7, 11) is 0. The zero-order valence-electron chi connectivity index (χ0n) is 19.2. The van der Waals surface area contributed by atoms with E-state index in [4.69, 9.17) is 11.5 Å². The maximum Gasteiger partial charge on any atom is 0.326 e. The number of nitrogens with two attached hydrogens (primary N) is 2. The van der Waals surface area contributed by atoms with Crippen molar-refractivity contribution in [3.8, 4) is 0 Å². The number of aliphatic carboxylic acids is 1. The van der Waals surface area contributed by atoms with Crippen molar-refractivity contribution in [2.24, 2.45) is 11.5 Å². The van der Waals surface area contributed by atoms with Gasteiger partial charge in [0, 0.05) is 24.1 Å². The first kappa shape index (κ1) is 29.7. The first-order chi connectivity index (χ1) is 16.2. The van der Waals surface area contributed by atoms with Gasteiger partial charge in [0.15, 0.2) is 0 Å². The fraction of sp³-hybridized carbons (Fsp3) is 0.650. The van der Waals surface area contributed by atoms with Gasteiger partial charge < -0.3 is 37.5 Å². The molecule has 0 aliphatic rings. The van der Waals surface area contributed by atoms with Gasteiger partial charge in [-0.25, -0.2) is 9.78 Å². The van der Waals surface area contributed by atoms with Gasteiger partial charge in [0.05, 0.1) is 12.4 Å². The Hall–Kier alpha value is -2.29. The number of thioether (sulfide) groups is 1. The number of imidazole rings is 1. The SMILES string of the molecule is CSCCC(NC(=O)C(CCCCN)NC(=O)C(CS)NC(=O)C(N)Cc1cnc[nH]1)C(=O)O. The van der Waals surface area contributed by atoms with Crippen LogP contribution in [0, 0.1) is 0 Å². The van der Waals surface area contributed by atoms with Crippen LogP contribution in [-0.2, 0) is 25.6 Å². The monoisotopic (exact) mass is 517 g/mol. The second-order valence-electron chi connectivity index (χ2n) is 7.66. The second-order valence-corrected chi connectivity index (χ2v) is 9.01. The molecular weight excluding hydrogens is 482 g/mol. The Kier molecular flexibility index (Phi) is 14.3. The lowest BCUT2D eigenvalue weighted by Crippen LogP contribution is -2.57. The van der Waals surface area contributed by atoms with E-state index in [0.29, 0.717) is 30.8 Å². The molecule has 4 unspecified atom stereocenters. The number of rotatable bonds is 17. The normalized spacial score (nSPS) is 14.5. The zero-order valence-corrected chi connectivity index (χ0v) is 20.9. The number of nitrogens with zero attached hydrogens (tertiary/aromatic N) is 1. The largest absolute Gasteiger partial charge is 0.480 e. The molecule has 1 aromatic heterocycles. The zero-order chi connectivity index (χ0) is 25.5. The molecule has 0 spiro atoms. The number of hydrogen-bond donors (Lipinski definition) is 8. The van der Waals surface area contributed by atoms with E-state index in [2.05, 4.69) is 38.5 Å². The number of thiol groups is 1. The molecule has 0 saturated heterocycles. The van der Waals surface area contributed by atoms with Gasteiger partial charge in [-0.05, 0) is 44.2 Å². The van der Waals surface area contributed by atoms with Gasteiger partial charge in [-0.3, -0.25) is 14.4 Å². The Morgan fingerprint density at radius 2 is 1.74 bits per heavy atom. The molecule has 12 nitrogen and oxygen atoms in total. The molecule has 9 N–H and O–H groups in total. The predicted molar refractivity (Wildman–Crippen MR) is 133 cm³/mol. The minimum absolute atomic E-state index is 0.0308. The van der Waals surface area contributed by atoms with Crippen molar-refractivity contribution in [3.63, 3.8) is 0 Å². The van der Waals surface area contributed by atoms with E-state index in [0.717, 1.165) is 0 Å². The van der Waals surface area contributed by atoms with Gasteiger partial charge >= 0.3 is 5.97 Å². The van der Waals surface area contributed by atoms with Crippen LogP contribution in [0.25, 0.3) is 0 Å². The van der Waals surface area contributed by atoms with E-state index in [-0.39, 0.29) is 25.0 Å². The number of carbonyl (C=O) groups excluding carboxylic acids is 3. The lowest BCUT2D eigenvalue weighted by atomic mass is 10.1. The Morgan fingerprint density at radius 1 is 1.09 bits per heavy atom. The molecule has 0 saturated carbocycles. The van der Waals surface area contributed by atoms with Gasteiger partial charge in [0.2, 0.25) is 17.7 Å². The average molecular weight is 518 g/mol. The molecule has 0 bridgehead atoms. The highest BCUT2D eigenvalue weighted by atomic mass is 32.2. The van der Waals surface area contributed by atoms with Crippen molar-refractivity contribution in [2.75, 3.05) is 24.3 Å². The molecule has 0 radical (unpaired) electrons. The minimum Gasteiger partial charge on any atom is -0.480 e. The summed E-state index contributed by atoms with van der Waals surface area (Å²) in [5, 5.41) is 17.0. The highest BCUT2D eigenvalue weighted by Crippen LogP contribution is 2.06. The summed E-state index contributed by atoms with van der Waals surface area (Å²) in [6.07, 6.45) is 6.73. The summed E-state index contributed by atoms with van der Waals surface area (Å²) >= 11 is 5.60. The number of hydrogen-bond acceptors (Lipinski definition) is 9. The maximum atomic E-state index is 12.8. The van der Waals surface area contributed by atoms with E-state index in [1.54, 1.807) is 6.20 Å². The third kappa shape index (κ3) is 10.8. The first-order valence-electron chi connectivity index (χ1n) is 10.9. The van der Waals surface area contributed by atoms with Crippen LogP contribution in [0.5, 0.6) is 0 Å². The molecule has 0 fully saturated rings. The van der Waals surface area contributed by atoms with Crippen LogP contribution in [0.2, 0.25) is 0 Å². The number of carboxylic acids is 1. The third-order valence-electron chi connectivity index (χ3n) is 4.95. The Bertz CT molecular complexity index is 781. The Balaban J connectivity index is 2.80. The summed E-state index contributed by atoms with van der Waals surface area (Å²) in [5.41, 5.74) is 12.1. The molecule has 34 heavy (non-hydrogen) atoms. The summed E-state index contributed by atoms with van der Waals surface area (Å²) in [4.78, 5) is 56.3. The number of amides is 3. The van der Waals surface area contributed by atoms with Crippen LogP contribution >= 0.6 is 24.4 Å². The van der Waals surface area contributed by atoms with Crippen LogP contribution in [-0.4, -0.2) is 87.2 Å². The van der Waals surface area contributed by atoms with Crippen molar-refractivity contribution >= 4 is 48.1 Å². The number of unbranched alkanes of at least 4 members (excludes halogenated alkanes) is 1. The number of aromatic nitrogens is 2. The number of carbonyl (C=O) groups is 4. The minimum atomic E-state index is -1.15. The highest BCUT2D eigenvalue weighted by Gasteiger charge is 2.29. The van der Waals surface area contributed by atoms with Crippen LogP contribution in [0.1, 0.15) is 31.4 Å². The maximum absolute atomic E-state index is 12.8. The molecular formula is C20H35N7O5S2. The van der Waals surface area contributed by atoms with Crippen molar-refractivity contribution in [3.05, 3.63) is 18.2 Å². The topological polar surface area (TPSA) is 205 Å². The summed E-state index contributed by atoms with van der Waals surface area (Å²) in [5.74, 6) is -2.43. The van der Waals surface area contributed by atoms with E-state index >= 15 is 0 Å². The predicted octanol–water partition coefficient (Wildman–Crippen LogP) is -1.37.